The number of pyridine rings is 1. The summed E-state index contributed by atoms with van der Waals surface area (Å²) in [4.78, 5) is 24.2. The summed E-state index contributed by atoms with van der Waals surface area (Å²) in [5.41, 5.74) is 0.262. The number of aryl methyl sites for hydroxylation is 1. The summed E-state index contributed by atoms with van der Waals surface area (Å²) >= 11 is 1.62. The van der Waals surface area contributed by atoms with Gasteiger partial charge in [-0.15, -0.1) is 11.3 Å². The molecule has 1 fully saturated rings. The Kier molecular flexibility index (Phi) is 5.96. The topological polar surface area (TPSA) is 76.6 Å². The fraction of sp³-hybridized carbons (Fsp3) is 0.526. The second-order valence-corrected chi connectivity index (χ2v) is 8.46. The molecule has 3 rings (SSSR count). The van der Waals surface area contributed by atoms with E-state index in [-0.39, 0.29) is 12.2 Å². The second-order valence-electron chi connectivity index (χ2n) is 7.34. The van der Waals surface area contributed by atoms with Gasteiger partial charge in [0.1, 0.15) is 17.5 Å². The van der Waals surface area contributed by atoms with Crippen molar-refractivity contribution in [1.29, 1.82) is 0 Å². The van der Waals surface area contributed by atoms with E-state index >= 15 is 0 Å². The minimum Gasteiger partial charge on any atom is -0.444 e. The standard InChI is InChI=1S/C19H26N4O3S/c1-5-13-11-20-17(27-13)22-16-8-6-7-14(21-16)15-12-23(9-10-25-15)18(24)26-19(2,3)4/h6-8,11,15H,5,9-10,12H2,1-4H3,(H,20,21,22). The summed E-state index contributed by atoms with van der Waals surface area (Å²) in [5, 5.41) is 4.05. The van der Waals surface area contributed by atoms with Crippen molar-refractivity contribution in [3.63, 3.8) is 0 Å². The van der Waals surface area contributed by atoms with Gasteiger partial charge < -0.3 is 19.7 Å². The Morgan fingerprint density at radius 2 is 2.26 bits per heavy atom. The number of hydrogen-bond acceptors (Lipinski definition) is 7. The van der Waals surface area contributed by atoms with Crippen molar-refractivity contribution in [1.82, 2.24) is 14.9 Å². The number of ether oxygens (including phenoxy) is 2. The second kappa shape index (κ2) is 8.22. The number of aromatic nitrogens is 2. The SMILES string of the molecule is CCc1cnc(Nc2cccc(C3CN(C(=O)OC(C)(C)C)CCO3)n2)s1. The zero-order valence-corrected chi connectivity index (χ0v) is 17.0. The third-order valence-electron chi connectivity index (χ3n) is 3.96. The molecule has 3 heterocycles. The van der Waals surface area contributed by atoms with Gasteiger partial charge in [0.2, 0.25) is 0 Å². The number of rotatable bonds is 4. The number of anilines is 2. The summed E-state index contributed by atoms with van der Waals surface area (Å²) in [6, 6.07) is 5.73. The molecule has 0 saturated carbocycles. The van der Waals surface area contributed by atoms with Gasteiger partial charge in [-0.3, -0.25) is 0 Å². The van der Waals surface area contributed by atoms with Crippen LogP contribution in [0.2, 0.25) is 0 Å². The molecular weight excluding hydrogens is 364 g/mol. The van der Waals surface area contributed by atoms with Gasteiger partial charge in [0.05, 0.1) is 18.8 Å². The molecular formula is C19H26N4O3S. The lowest BCUT2D eigenvalue weighted by molar-refractivity contribution is -0.0446. The normalized spacial score (nSPS) is 17.6. The van der Waals surface area contributed by atoms with Gasteiger partial charge >= 0.3 is 6.09 Å². The molecule has 1 atom stereocenters. The number of carbonyl (C=O) groups excluding carboxylic acids is 1. The van der Waals surface area contributed by atoms with Crippen LogP contribution in [0.3, 0.4) is 0 Å². The molecule has 1 aliphatic heterocycles. The lowest BCUT2D eigenvalue weighted by Crippen LogP contribution is -2.44. The Bertz CT molecular complexity index is 787. The average molecular weight is 391 g/mol. The largest absolute Gasteiger partial charge is 0.444 e. The number of carbonyl (C=O) groups is 1. The molecule has 0 aliphatic carbocycles. The quantitative estimate of drug-likeness (QED) is 0.845. The zero-order valence-electron chi connectivity index (χ0n) is 16.2. The average Bonchev–Trinajstić information content (AvgIpc) is 3.08. The molecule has 2 aromatic heterocycles. The first kappa shape index (κ1) is 19.6. The first-order valence-electron chi connectivity index (χ1n) is 9.12. The lowest BCUT2D eigenvalue weighted by Gasteiger charge is -2.34. The molecule has 1 N–H and O–H groups in total. The van der Waals surface area contributed by atoms with Crippen LogP contribution in [0.1, 0.15) is 44.4 Å². The number of hydrogen-bond donors (Lipinski definition) is 1. The summed E-state index contributed by atoms with van der Waals surface area (Å²) in [5.74, 6) is 0.711. The monoisotopic (exact) mass is 390 g/mol. The maximum atomic E-state index is 12.3. The maximum Gasteiger partial charge on any atom is 0.410 e. The van der Waals surface area contributed by atoms with Gasteiger partial charge in [0.25, 0.3) is 0 Å². The van der Waals surface area contributed by atoms with E-state index in [0.29, 0.717) is 25.5 Å². The van der Waals surface area contributed by atoms with E-state index in [9.17, 15) is 4.79 Å². The molecule has 0 spiro atoms. The van der Waals surface area contributed by atoms with Crippen LogP contribution in [-0.2, 0) is 15.9 Å². The first-order valence-corrected chi connectivity index (χ1v) is 9.94. The van der Waals surface area contributed by atoms with Crippen molar-refractivity contribution < 1.29 is 14.3 Å². The van der Waals surface area contributed by atoms with Crippen LogP contribution in [0.25, 0.3) is 0 Å². The van der Waals surface area contributed by atoms with Gasteiger partial charge in [0, 0.05) is 17.6 Å². The molecule has 0 radical (unpaired) electrons. The first-order chi connectivity index (χ1) is 12.8. The van der Waals surface area contributed by atoms with E-state index < -0.39 is 5.60 Å². The summed E-state index contributed by atoms with van der Waals surface area (Å²) in [7, 11) is 0. The van der Waals surface area contributed by atoms with Crippen LogP contribution >= 0.6 is 11.3 Å². The number of thiazole rings is 1. The van der Waals surface area contributed by atoms with E-state index in [2.05, 4.69) is 22.2 Å². The highest BCUT2D eigenvalue weighted by molar-refractivity contribution is 7.15. The fourth-order valence-electron chi connectivity index (χ4n) is 2.66. The van der Waals surface area contributed by atoms with Crippen LogP contribution in [0.5, 0.6) is 0 Å². The third kappa shape index (κ3) is 5.40. The van der Waals surface area contributed by atoms with E-state index in [1.54, 1.807) is 16.2 Å². The molecule has 7 nitrogen and oxygen atoms in total. The highest BCUT2D eigenvalue weighted by Crippen LogP contribution is 2.26. The minimum atomic E-state index is -0.516. The molecule has 1 aliphatic rings. The predicted octanol–water partition coefficient (Wildman–Crippen LogP) is 4.15. The Labute approximate surface area is 163 Å². The zero-order chi connectivity index (χ0) is 19.4. The number of nitrogens with zero attached hydrogens (tertiary/aromatic N) is 3. The van der Waals surface area contributed by atoms with E-state index in [0.717, 1.165) is 17.2 Å². The Morgan fingerprint density at radius 3 is 2.96 bits per heavy atom. The van der Waals surface area contributed by atoms with E-state index in [1.165, 1.54) is 4.88 Å². The minimum absolute atomic E-state index is 0.282. The van der Waals surface area contributed by atoms with E-state index in [1.807, 2.05) is 45.2 Å². The highest BCUT2D eigenvalue weighted by Gasteiger charge is 2.29. The summed E-state index contributed by atoms with van der Waals surface area (Å²) in [6.07, 6.45) is 2.23. The number of amides is 1. The van der Waals surface area contributed by atoms with Crippen LogP contribution in [0.15, 0.2) is 24.4 Å². The van der Waals surface area contributed by atoms with Gasteiger partial charge in [-0.25, -0.2) is 14.8 Å². The summed E-state index contributed by atoms with van der Waals surface area (Å²) in [6.45, 7) is 9.08. The molecule has 1 saturated heterocycles. The van der Waals surface area contributed by atoms with Crippen LogP contribution in [0, 0.1) is 0 Å². The number of morpholine rings is 1. The maximum absolute atomic E-state index is 12.3. The van der Waals surface area contributed by atoms with Crippen LogP contribution in [-0.4, -0.2) is 46.3 Å². The number of nitrogens with one attached hydrogen (secondary N) is 1. The van der Waals surface area contributed by atoms with Crippen molar-refractivity contribution in [2.45, 2.75) is 45.8 Å². The molecule has 2 aromatic rings. The van der Waals surface area contributed by atoms with Crippen molar-refractivity contribution in [3.8, 4) is 0 Å². The smallest absolute Gasteiger partial charge is 0.410 e. The fourth-order valence-corrected chi connectivity index (χ4v) is 3.42. The van der Waals surface area contributed by atoms with Crippen molar-refractivity contribution in [2.75, 3.05) is 25.0 Å². The Morgan fingerprint density at radius 1 is 1.44 bits per heavy atom. The van der Waals surface area contributed by atoms with Gasteiger partial charge in [0.15, 0.2) is 5.13 Å². The molecule has 8 heteroatoms. The Hall–Kier alpha value is -2.19. The molecule has 1 unspecified atom stereocenters. The predicted molar refractivity (Wildman–Crippen MR) is 106 cm³/mol. The molecule has 0 bridgehead atoms. The van der Waals surface area contributed by atoms with Crippen LogP contribution < -0.4 is 5.32 Å². The van der Waals surface area contributed by atoms with Gasteiger partial charge in [-0.05, 0) is 39.3 Å². The van der Waals surface area contributed by atoms with Gasteiger partial charge in [-0.1, -0.05) is 13.0 Å². The van der Waals surface area contributed by atoms with Crippen LogP contribution in [0.4, 0.5) is 15.7 Å². The van der Waals surface area contributed by atoms with Crippen molar-refractivity contribution >= 4 is 28.4 Å². The molecule has 27 heavy (non-hydrogen) atoms. The highest BCUT2D eigenvalue weighted by atomic mass is 32.1. The van der Waals surface area contributed by atoms with E-state index in [4.69, 9.17) is 9.47 Å². The lowest BCUT2D eigenvalue weighted by atomic mass is 10.2. The third-order valence-corrected chi connectivity index (χ3v) is 5.01. The molecule has 1 amide bonds. The molecule has 146 valence electrons. The Balaban J connectivity index is 1.67. The summed E-state index contributed by atoms with van der Waals surface area (Å²) < 4.78 is 11.3. The van der Waals surface area contributed by atoms with Gasteiger partial charge in [-0.2, -0.15) is 0 Å². The van der Waals surface area contributed by atoms with Crippen molar-refractivity contribution in [2.24, 2.45) is 0 Å². The molecule has 0 aromatic carbocycles. The van der Waals surface area contributed by atoms with Crippen molar-refractivity contribution in [3.05, 3.63) is 35.0 Å².